The zero-order valence-electron chi connectivity index (χ0n) is 17.6. The maximum Gasteiger partial charge on any atom is 0.250 e. The van der Waals surface area contributed by atoms with Crippen LogP contribution in [0.25, 0.3) is 26.9 Å². The highest BCUT2D eigenvalue weighted by atomic mass is 32.1. The Morgan fingerprint density at radius 1 is 1.06 bits per heavy atom. The number of aromatic nitrogens is 1. The quantitative estimate of drug-likeness (QED) is 0.291. The topological polar surface area (TPSA) is 63.2 Å². The number of hydrogen-bond donors (Lipinski definition) is 2. The van der Waals surface area contributed by atoms with Crippen molar-refractivity contribution < 1.29 is 9.53 Å². The van der Waals surface area contributed by atoms with E-state index in [1.807, 2.05) is 54.6 Å². The molecule has 4 aromatic rings. The molecule has 0 saturated heterocycles. The number of carbonyl (C=O) groups is 1. The molecule has 0 atom stereocenters. The summed E-state index contributed by atoms with van der Waals surface area (Å²) in [4.78, 5) is 16.8. The van der Waals surface area contributed by atoms with Crippen molar-refractivity contribution in [3.05, 3.63) is 83.9 Å². The Morgan fingerprint density at radius 3 is 2.53 bits per heavy atom. The molecule has 7 heteroatoms. The smallest absolute Gasteiger partial charge is 0.250 e. The molecule has 0 aliphatic carbocycles. The molecule has 1 amide bonds. The minimum Gasteiger partial charge on any atom is -0.497 e. The van der Waals surface area contributed by atoms with Gasteiger partial charge in [-0.25, -0.2) is 4.98 Å². The second kappa shape index (κ2) is 9.72. The standard InChI is InChI=1S/C25H21N3O2S2/c1-16-3-13-21-22(15-16)32-24(27-21)18-7-9-19(10-8-18)26-25(31)28-23(29)14-6-17-4-11-20(30-2)12-5-17/h3-15H,1-2H3,(H2,26,28,29,31)/b14-6+. The number of carbonyl (C=O) groups excluding carboxylic acids is 1. The highest BCUT2D eigenvalue weighted by molar-refractivity contribution is 7.80. The van der Waals surface area contributed by atoms with Crippen LogP contribution >= 0.6 is 23.6 Å². The second-order valence-corrected chi connectivity index (χ2v) is 8.56. The van der Waals surface area contributed by atoms with Gasteiger partial charge in [0.25, 0.3) is 0 Å². The lowest BCUT2D eigenvalue weighted by molar-refractivity contribution is -0.115. The van der Waals surface area contributed by atoms with Gasteiger partial charge in [-0.1, -0.05) is 18.2 Å². The molecule has 0 aliphatic rings. The van der Waals surface area contributed by atoms with Crippen LogP contribution in [0.5, 0.6) is 5.75 Å². The Labute approximate surface area is 195 Å². The van der Waals surface area contributed by atoms with Gasteiger partial charge in [0.05, 0.1) is 17.3 Å². The summed E-state index contributed by atoms with van der Waals surface area (Å²) in [6, 6.07) is 21.5. The first-order valence-corrected chi connectivity index (χ1v) is 11.1. The van der Waals surface area contributed by atoms with Crippen LogP contribution in [0.15, 0.2) is 72.8 Å². The highest BCUT2D eigenvalue weighted by Crippen LogP contribution is 2.31. The summed E-state index contributed by atoms with van der Waals surface area (Å²) in [5, 5.41) is 6.88. The lowest BCUT2D eigenvalue weighted by Gasteiger charge is -2.08. The first-order chi connectivity index (χ1) is 15.5. The van der Waals surface area contributed by atoms with Crippen molar-refractivity contribution in [2.24, 2.45) is 0 Å². The van der Waals surface area contributed by atoms with Crippen LogP contribution < -0.4 is 15.4 Å². The zero-order valence-corrected chi connectivity index (χ0v) is 19.2. The molecule has 160 valence electrons. The first kappa shape index (κ1) is 21.7. The van der Waals surface area contributed by atoms with Crippen molar-refractivity contribution in [1.29, 1.82) is 0 Å². The van der Waals surface area contributed by atoms with E-state index < -0.39 is 0 Å². The molecule has 0 aliphatic heterocycles. The van der Waals surface area contributed by atoms with Gasteiger partial charge in [0.2, 0.25) is 5.91 Å². The maximum atomic E-state index is 12.1. The molecule has 32 heavy (non-hydrogen) atoms. The molecule has 4 rings (SSSR count). The van der Waals surface area contributed by atoms with Crippen LogP contribution in [-0.4, -0.2) is 23.1 Å². The fourth-order valence-corrected chi connectivity index (χ4v) is 4.34. The molecule has 1 aromatic heterocycles. The van der Waals surface area contributed by atoms with Gasteiger partial charge in [-0.15, -0.1) is 11.3 Å². The SMILES string of the molecule is COc1ccc(/C=C/C(=O)NC(=S)Nc2ccc(-c3nc4ccc(C)cc4s3)cc2)cc1. The molecule has 0 fully saturated rings. The average molecular weight is 460 g/mol. The number of thiazole rings is 1. The summed E-state index contributed by atoms with van der Waals surface area (Å²) < 4.78 is 6.30. The number of fused-ring (bicyclic) bond motifs is 1. The van der Waals surface area contributed by atoms with E-state index in [0.29, 0.717) is 0 Å². The largest absolute Gasteiger partial charge is 0.497 e. The summed E-state index contributed by atoms with van der Waals surface area (Å²) in [6.45, 7) is 2.08. The second-order valence-electron chi connectivity index (χ2n) is 7.12. The molecule has 2 N–H and O–H groups in total. The number of aryl methyl sites for hydroxylation is 1. The summed E-state index contributed by atoms with van der Waals surface area (Å²) in [5.74, 6) is 0.459. The Bertz CT molecular complexity index is 1290. The van der Waals surface area contributed by atoms with Crippen LogP contribution in [0.2, 0.25) is 0 Å². The van der Waals surface area contributed by atoms with Gasteiger partial charge in [0.15, 0.2) is 5.11 Å². The average Bonchev–Trinajstić information content (AvgIpc) is 3.21. The van der Waals surface area contributed by atoms with Crippen LogP contribution in [0, 0.1) is 6.92 Å². The molecule has 0 radical (unpaired) electrons. The van der Waals surface area contributed by atoms with E-state index >= 15 is 0 Å². The van der Waals surface area contributed by atoms with Crippen LogP contribution in [0.3, 0.4) is 0 Å². The number of anilines is 1. The van der Waals surface area contributed by atoms with Crippen molar-refractivity contribution in [2.75, 3.05) is 12.4 Å². The van der Waals surface area contributed by atoms with Gasteiger partial charge in [0.1, 0.15) is 10.8 Å². The molecule has 0 saturated carbocycles. The van der Waals surface area contributed by atoms with E-state index in [2.05, 4.69) is 29.7 Å². The number of thiocarbonyl (C=S) groups is 1. The molecule has 3 aromatic carbocycles. The minimum atomic E-state index is -0.306. The molecule has 0 bridgehead atoms. The number of ether oxygens (including phenoxy) is 1. The molecule has 1 heterocycles. The van der Waals surface area contributed by atoms with E-state index in [9.17, 15) is 4.79 Å². The Morgan fingerprint density at radius 2 is 1.81 bits per heavy atom. The number of nitrogens with one attached hydrogen (secondary N) is 2. The van der Waals surface area contributed by atoms with Gasteiger partial charge < -0.3 is 10.1 Å². The number of amides is 1. The summed E-state index contributed by atoms with van der Waals surface area (Å²) in [7, 11) is 1.61. The highest BCUT2D eigenvalue weighted by Gasteiger charge is 2.07. The molecular weight excluding hydrogens is 438 g/mol. The van der Waals surface area contributed by atoms with Gasteiger partial charge in [-0.05, 0) is 84.9 Å². The van der Waals surface area contributed by atoms with E-state index in [1.54, 1.807) is 24.5 Å². The van der Waals surface area contributed by atoms with Gasteiger partial charge in [-0.2, -0.15) is 0 Å². The van der Waals surface area contributed by atoms with E-state index in [1.165, 1.54) is 16.3 Å². The van der Waals surface area contributed by atoms with Crippen molar-refractivity contribution in [3.8, 4) is 16.3 Å². The van der Waals surface area contributed by atoms with Crippen LogP contribution in [0.1, 0.15) is 11.1 Å². The van der Waals surface area contributed by atoms with E-state index in [4.69, 9.17) is 21.9 Å². The fraction of sp³-hybridized carbons (Fsp3) is 0.0800. The third kappa shape index (κ3) is 5.38. The molecule has 0 unspecified atom stereocenters. The normalized spacial score (nSPS) is 10.9. The summed E-state index contributed by atoms with van der Waals surface area (Å²) in [5.41, 5.74) is 4.94. The number of methoxy groups -OCH3 is 1. The van der Waals surface area contributed by atoms with Crippen LogP contribution in [0.4, 0.5) is 5.69 Å². The maximum absolute atomic E-state index is 12.1. The molecule has 5 nitrogen and oxygen atoms in total. The van der Waals surface area contributed by atoms with E-state index in [-0.39, 0.29) is 11.0 Å². The Hall–Kier alpha value is -3.55. The predicted molar refractivity (Wildman–Crippen MR) is 136 cm³/mol. The monoisotopic (exact) mass is 459 g/mol. The minimum absolute atomic E-state index is 0.234. The van der Waals surface area contributed by atoms with Crippen molar-refractivity contribution in [3.63, 3.8) is 0 Å². The van der Waals surface area contributed by atoms with Crippen molar-refractivity contribution in [2.45, 2.75) is 6.92 Å². The lowest BCUT2D eigenvalue weighted by Crippen LogP contribution is -2.32. The Balaban J connectivity index is 1.34. The third-order valence-corrected chi connectivity index (χ3v) is 5.98. The van der Waals surface area contributed by atoms with E-state index in [0.717, 1.165) is 33.1 Å². The summed E-state index contributed by atoms with van der Waals surface area (Å²) >= 11 is 6.92. The van der Waals surface area contributed by atoms with Crippen molar-refractivity contribution in [1.82, 2.24) is 10.3 Å². The summed E-state index contributed by atoms with van der Waals surface area (Å²) in [6.07, 6.45) is 3.15. The Kier molecular flexibility index (Phi) is 6.58. The number of nitrogens with zero attached hydrogens (tertiary/aromatic N) is 1. The number of hydrogen-bond acceptors (Lipinski definition) is 5. The predicted octanol–water partition coefficient (Wildman–Crippen LogP) is 5.81. The van der Waals surface area contributed by atoms with Gasteiger partial charge in [-0.3, -0.25) is 10.1 Å². The number of rotatable bonds is 5. The molecule has 0 spiro atoms. The number of benzene rings is 3. The lowest BCUT2D eigenvalue weighted by atomic mass is 10.2. The zero-order chi connectivity index (χ0) is 22.5. The fourth-order valence-electron chi connectivity index (χ4n) is 3.05. The molecular formula is C25H21N3O2S2. The first-order valence-electron chi connectivity index (χ1n) is 9.92. The third-order valence-electron chi connectivity index (χ3n) is 4.71. The van der Waals surface area contributed by atoms with Gasteiger partial charge >= 0.3 is 0 Å². The van der Waals surface area contributed by atoms with Gasteiger partial charge in [0, 0.05) is 17.3 Å². The van der Waals surface area contributed by atoms with Crippen LogP contribution in [-0.2, 0) is 4.79 Å². The van der Waals surface area contributed by atoms with Crippen molar-refractivity contribution >= 4 is 56.6 Å².